The van der Waals surface area contributed by atoms with E-state index in [1.165, 1.54) is 34.1 Å². The monoisotopic (exact) mass is 544 g/mol. The van der Waals surface area contributed by atoms with E-state index in [-0.39, 0.29) is 18.9 Å². The number of halogens is 3. The standard InChI is InChI=1S/C28H31F3N4O2S/c1-2-20-17-26(36)35(18-24-7-8-25(38-24)28(29,30)31)19-32-27(20)34-11-9-22(10-12-34)21-3-5-23(6-4-21)33-13-15-37-16-14-33/h3-9,19H,2,10-18H2,1H3. The lowest BCUT2D eigenvalue weighted by Crippen LogP contribution is -2.36. The minimum atomic E-state index is -4.38. The summed E-state index contributed by atoms with van der Waals surface area (Å²) in [7, 11) is 0. The van der Waals surface area contributed by atoms with Crippen molar-refractivity contribution in [1.29, 1.82) is 0 Å². The Morgan fingerprint density at radius 2 is 1.79 bits per heavy atom. The zero-order chi connectivity index (χ0) is 26.7. The molecule has 1 amide bonds. The summed E-state index contributed by atoms with van der Waals surface area (Å²) in [5.41, 5.74) is 4.67. The average Bonchev–Trinajstić information content (AvgIpc) is 3.36. The first-order chi connectivity index (χ1) is 18.3. The predicted molar refractivity (Wildman–Crippen MR) is 144 cm³/mol. The molecule has 5 rings (SSSR count). The molecule has 2 aromatic rings. The first-order valence-corrected chi connectivity index (χ1v) is 13.7. The fourth-order valence-corrected chi connectivity index (χ4v) is 5.85. The van der Waals surface area contributed by atoms with E-state index in [9.17, 15) is 18.0 Å². The van der Waals surface area contributed by atoms with E-state index in [1.54, 1.807) is 0 Å². The third kappa shape index (κ3) is 5.96. The lowest BCUT2D eigenvalue weighted by atomic mass is 9.98. The molecule has 0 bridgehead atoms. The van der Waals surface area contributed by atoms with Crippen molar-refractivity contribution in [3.8, 4) is 0 Å². The van der Waals surface area contributed by atoms with E-state index < -0.39 is 11.1 Å². The van der Waals surface area contributed by atoms with Gasteiger partial charge in [-0.15, -0.1) is 11.3 Å². The molecule has 0 saturated carbocycles. The molecule has 38 heavy (non-hydrogen) atoms. The quantitative estimate of drug-likeness (QED) is 0.463. The van der Waals surface area contributed by atoms with Crippen molar-refractivity contribution in [3.05, 3.63) is 69.2 Å². The third-order valence-electron chi connectivity index (χ3n) is 7.14. The number of alkyl halides is 3. The molecule has 0 aliphatic carbocycles. The molecule has 3 aliphatic rings. The molecule has 0 atom stereocenters. The van der Waals surface area contributed by atoms with Crippen LogP contribution in [0.1, 0.15) is 41.5 Å². The van der Waals surface area contributed by atoms with Crippen molar-refractivity contribution in [3.63, 3.8) is 0 Å². The Kier molecular flexibility index (Phi) is 7.90. The lowest BCUT2D eigenvalue weighted by Gasteiger charge is -2.30. The number of thiophene rings is 1. The van der Waals surface area contributed by atoms with Crippen LogP contribution < -0.4 is 4.90 Å². The minimum absolute atomic E-state index is 0.0812. The van der Waals surface area contributed by atoms with Gasteiger partial charge in [0.05, 0.1) is 32.5 Å². The van der Waals surface area contributed by atoms with Gasteiger partial charge < -0.3 is 14.5 Å². The second kappa shape index (κ2) is 11.3. The number of hydrogen-bond donors (Lipinski definition) is 0. The van der Waals surface area contributed by atoms with E-state index in [0.29, 0.717) is 29.2 Å². The topological polar surface area (TPSA) is 48.4 Å². The molecule has 202 valence electrons. The second-order valence-electron chi connectivity index (χ2n) is 9.56. The number of benzene rings is 1. The molecule has 10 heteroatoms. The van der Waals surface area contributed by atoms with Gasteiger partial charge in [-0.1, -0.05) is 25.1 Å². The minimum Gasteiger partial charge on any atom is -0.378 e. The summed E-state index contributed by atoms with van der Waals surface area (Å²) in [6.07, 6.45) is 1.07. The number of nitrogens with zero attached hydrogens (tertiary/aromatic N) is 4. The van der Waals surface area contributed by atoms with Crippen LogP contribution in [0, 0.1) is 0 Å². The molecule has 0 radical (unpaired) electrons. The predicted octanol–water partition coefficient (Wildman–Crippen LogP) is 5.78. The van der Waals surface area contributed by atoms with Crippen molar-refractivity contribution >= 4 is 34.8 Å². The maximum atomic E-state index is 13.0. The first kappa shape index (κ1) is 26.5. The molecule has 1 saturated heterocycles. The molecule has 4 heterocycles. The van der Waals surface area contributed by atoms with Crippen LogP contribution in [0.3, 0.4) is 0 Å². The molecule has 1 aromatic carbocycles. The maximum Gasteiger partial charge on any atom is 0.425 e. The van der Waals surface area contributed by atoms with Gasteiger partial charge in [0.15, 0.2) is 0 Å². The van der Waals surface area contributed by atoms with Crippen molar-refractivity contribution in [2.24, 2.45) is 4.99 Å². The highest BCUT2D eigenvalue weighted by Gasteiger charge is 2.33. The normalized spacial score (nSPS) is 19.2. The van der Waals surface area contributed by atoms with Crippen molar-refractivity contribution in [2.75, 3.05) is 44.3 Å². The summed E-state index contributed by atoms with van der Waals surface area (Å²) in [5, 5.41) is 0. The van der Waals surface area contributed by atoms with Crippen LogP contribution in [0.5, 0.6) is 0 Å². The van der Waals surface area contributed by atoms with Gasteiger partial charge in [0.1, 0.15) is 10.7 Å². The summed E-state index contributed by atoms with van der Waals surface area (Å²) < 4.78 is 44.4. The third-order valence-corrected chi connectivity index (χ3v) is 8.25. The van der Waals surface area contributed by atoms with Crippen molar-refractivity contribution in [1.82, 2.24) is 9.80 Å². The van der Waals surface area contributed by atoms with Gasteiger partial charge in [-0.3, -0.25) is 9.69 Å². The average molecular weight is 545 g/mol. The van der Waals surface area contributed by atoms with Crippen LogP contribution in [0.2, 0.25) is 0 Å². The van der Waals surface area contributed by atoms with Gasteiger partial charge in [-0.25, -0.2) is 4.99 Å². The number of rotatable bonds is 6. The molecule has 6 nitrogen and oxygen atoms in total. The highest BCUT2D eigenvalue weighted by Crippen LogP contribution is 2.35. The number of hydrogen-bond acceptors (Lipinski definition) is 6. The number of carbonyl (C=O) groups excluding carboxylic acids is 1. The summed E-state index contributed by atoms with van der Waals surface area (Å²) in [6, 6.07) is 11.2. The fraction of sp³-hybridized carbons (Fsp3) is 0.429. The van der Waals surface area contributed by atoms with E-state index >= 15 is 0 Å². The zero-order valence-electron chi connectivity index (χ0n) is 21.3. The highest BCUT2D eigenvalue weighted by atomic mass is 32.1. The summed E-state index contributed by atoms with van der Waals surface area (Å²) >= 11 is 0.664. The van der Waals surface area contributed by atoms with Crippen molar-refractivity contribution in [2.45, 2.75) is 38.9 Å². The molecule has 0 spiro atoms. The lowest BCUT2D eigenvalue weighted by molar-refractivity contribution is -0.134. The first-order valence-electron chi connectivity index (χ1n) is 12.9. The van der Waals surface area contributed by atoms with E-state index in [0.717, 1.165) is 56.7 Å². The van der Waals surface area contributed by atoms with Gasteiger partial charge >= 0.3 is 6.18 Å². The van der Waals surface area contributed by atoms with E-state index in [2.05, 4.69) is 45.1 Å². The number of morpholine rings is 1. The Hall–Kier alpha value is -3.11. The van der Waals surface area contributed by atoms with Gasteiger partial charge in [0, 0.05) is 36.7 Å². The molecule has 3 aliphatic heterocycles. The van der Waals surface area contributed by atoms with Crippen LogP contribution in [0.25, 0.3) is 5.57 Å². The SMILES string of the molecule is CCC1=C(N2CC=C(c3ccc(N4CCOCC4)cc3)CC2)N=CN(Cc2ccc(C(F)(F)F)s2)C(=O)C1. The van der Waals surface area contributed by atoms with Crippen LogP contribution in [0.15, 0.2) is 58.9 Å². The Morgan fingerprint density at radius 1 is 1.03 bits per heavy atom. The van der Waals surface area contributed by atoms with Crippen molar-refractivity contribution < 1.29 is 22.7 Å². The zero-order valence-corrected chi connectivity index (χ0v) is 22.2. The van der Waals surface area contributed by atoms with Crippen LogP contribution in [0.4, 0.5) is 18.9 Å². The van der Waals surface area contributed by atoms with Gasteiger partial charge in [0.2, 0.25) is 5.91 Å². The Balaban J connectivity index is 1.26. The van der Waals surface area contributed by atoms with E-state index in [4.69, 9.17) is 4.74 Å². The highest BCUT2D eigenvalue weighted by molar-refractivity contribution is 7.12. The van der Waals surface area contributed by atoms with E-state index in [1.807, 2.05) is 6.92 Å². The largest absolute Gasteiger partial charge is 0.425 e. The number of carbonyl (C=O) groups is 1. The number of ether oxygens (including phenoxy) is 1. The summed E-state index contributed by atoms with van der Waals surface area (Å²) in [5.74, 6) is 0.639. The Bertz CT molecular complexity index is 1240. The molecule has 0 unspecified atom stereocenters. The van der Waals surface area contributed by atoms with Crippen LogP contribution >= 0.6 is 11.3 Å². The second-order valence-corrected chi connectivity index (χ2v) is 10.7. The molecule has 1 aromatic heterocycles. The van der Waals surface area contributed by atoms with Crippen LogP contribution in [-0.2, 0) is 22.3 Å². The molecule has 0 N–H and O–H groups in total. The smallest absolute Gasteiger partial charge is 0.378 e. The summed E-state index contributed by atoms with van der Waals surface area (Å²) in [6.45, 7) is 6.89. The molecule has 1 fully saturated rings. The number of amides is 1. The van der Waals surface area contributed by atoms with Gasteiger partial charge in [-0.05, 0) is 53.8 Å². The fourth-order valence-electron chi connectivity index (χ4n) is 4.98. The maximum absolute atomic E-state index is 13.0. The van der Waals surface area contributed by atoms with Gasteiger partial charge in [0.25, 0.3) is 0 Å². The molecular weight excluding hydrogens is 513 g/mol. The Morgan fingerprint density at radius 3 is 2.42 bits per heavy atom. The summed E-state index contributed by atoms with van der Waals surface area (Å²) in [4.78, 5) is 23.4. The Labute approximate surface area is 224 Å². The number of aliphatic imine (C=N–C) groups is 1. The molecular formula is C28H31F3N4O2S. The van der Waals surface area contributed by atoms with Gasteiger partial charge in [-0.2, -0.15) is 13.2 Å². The number of anilines is 1. The van der Waals surface area contributed by atoms with Crippen LogP contribution in [-0.4, -0.2) is 61.4 Å².